The number of nitrogens with zero attached hydrogens (tertiary/aromatic N) is 4. The molecular formula is C27H54N6S. The van der Waals surface area contributed by atoms with Crippen LogP contribution in [0.15, 0.2) is 5.16 Å². The van der Waals surface area contributed by atoms with Crippen molar-refractivity contribution in [2.24, 2.45) is 0 Å². The predicted molar refractivity (Wildman–Crippen MR) is 151 cm³/mol. The van der Waals surface area contributed by atoms with Gasteiger partial charge in [0.05, 0.1) is 0 Å². The molecule has 0 spiro atoms. The molecule has 0 aliphatic heterocycles. The first-order valence-electron chi connectivity index (χ1n) is 14.2. The maximum Gasteiger partial charge on any atom is 0.228 e. The Bertz CT molecular complexity index is 584. The molecule has 0 fully saturated rings. The monoisotopic (exact) mass is 494 g/mol. The maximum atomic E-state index is 4.69. The Labute approximate surface area is 215 Å². The molecular weight excluding hydrogens is 440 g/mol. The fraction of sp³-hybridized carbons (Fsp3) is 0.889. The van der Waals surface area contributed by atoms with Crippen LogP contribution < -0.4 is 10.6 Å². The Morgan fingerprint density at radius 1 is 0.588 bits per heavy atom. The molecule has 0 saturated heterocycles. The second kappa shape index (κ2) is 22.4. The van der Waals surface area contributed by atoms with E-state index < -0.39 is 0 Å². The number of anilines is 2. The van der Waals surface area contributed by atoms with Crippen LogP contribution in [0.25, 0.3) is 0 Å². The summed E-state index contributed by atoms with van der Waals surface area (Å²) in [4.78, 5) is 16.2. The van der Waals surface area contributed by atoms with Crippen molar-refractivity contribution < 1.29 is 0 Å². The van der Waals surface area contributed by atoms with Crippen LogP contribution in [0.4, 0.5) is 11.9 Å². The number of hydrogen-bond donors (Lipinski definition) is 2. The molecule has 0 unspecified atom stereocenters. The molecule has 0 aromatic carbocycles. The van der Waals surface area contributed by atoms with E-state index in [0.29, 0.717) is 5.95 Å². The summed E-state index contributed by atoms with van der Waals surface area (Å²) in [5.74, 6) is 2.50. The highest BCUT2D eigenvalue weighted by molar-refractivity contribution is 7.99. The van der Waals surface area contributed by atoms with Gasteiger partial charge < -0.3 is 15.5 Å². The third-order valence-corrected chi connectivity index (χ3v) is 6.91. The summed E-state index contributed by atoms with van der Waals surface area (Å²) < 4.78 is 0. The summed E-state index contributed by atoms with van der Waals surface area (Å²) >= 11 is 1.76. The Morgan fingerprint density at radius 3 is 1.59 bits per heavy atom. The highest BCUT2D eigenvalue weighted by atomic mass is 32.2. The summed E-state index contributed by atoms with van der Waals surface area (Å²) in [5.41, 5.74) is 0. The Hall–Kier alpha value is -1.08. The number of rotatable bonds is 24. The molecule has 1 aromatic rings. The van der Waals surface area contributed by atoms with Gasteiger partial charge in [-0.2, -0.15) is 15.0 Å². The number of thioether (sulfide) groups is 1. The zero-order valence-corrected chi connectivity index (χ0v) is 23.7. The summed E-state index contributed by atoms with van der Waals surface area (Å²) in [6.07, 6.45) is 21.0. The van der Waals surface area contributed by atoms with Crippen LogP contribution in [0.1, 0.15) is 117 Å². The molecule has 0 atom stereocenters. The van der Waals surface area contributed by atoms with E-state index in [0.717, 1.165) is 42.9 Å². The molecule has 6 nitrogen and oxygen atoms in total. The van der Waals surface area contributed by atoms with Gasteiger partial charge in [-0.25, -0.2) is 0 Å². The number of aromatic nitrogens is 3. The standard InChI is InChI=1S/C27H54N6S/c1-5-7-9-11-13-14-15-16-18-21-28-25-30-26(29-22-20-23-33(3)4)32-27(31-25)34-24-19-17-12-10-8-6-2/h5-24H2,1-4H3,(H2,28,29,30,31,32). The highest BCUT2D eigenvalue weighted by Crippen LogP contribution is 2.19. The Balaban J connectivity index is 2.39. The van der Waals surface area contributed by atoms with E-state index in [-0.39, 0.29) is 0 Å². The fourth-order valence-electron chi connectivity index (χ4n) is 3.86. The third kappa shape index (κ3) is 18.3. The Morgan fingerprint density at radius 2 is 1.06 bits per heavy atom. The van der Waals surface area contributed by atoms with Gasteiger partial charge in [-0.1, -0.05) is 109 Å². The minimum Gasteiger partial charge on any atom is -0.354 e. The third-order valence-electron chi connectivity index (χ3n) is 5.97. The molecule has 1 heterocycles. The van der Waals surface area contributed by atoms with Crippen LogP contribution in [0.3, 0.4) is 0 Å². The lowest BCUT2D eigenvalue weighted by Gasteiger charge is -2.12. The maximum absolute atomic E-state index is 4.69. The molecule has 1 rings (SSSR count). The minimum absolute atomic E-state index is 0.703. The number of hydrogen-bond acceptors (Lipinski definition) is 7. The van der Waals surface area contributed by atoms with Crippen LogP contribution in [-0.4, -0.2) is 59.3 Å². The van der Waals surface area contributed by atoms with Gasteiger partial charge in [0, 0.05) is 18.8 Å². The van der Waals surface area contributed by atoms with Crippen molar-refractivity contribution in [3.8, 4) is 0 Å². The molecule has 0 bridgehead atoms. The molecule has 7 heteroatoms. The van der Waals surface area contributed by atoms with E-state index in [1.807, 2.05) is 0 Å². The number of nitrogens with one attached hydrogen (secondary N) is 2. The van der Waals surface area contributed by atoms with E-state index >= 15 is 0 Å². The topological polar surface area (TPSA) is 66.0 Å². The molecule has 0 amide bonds. The van der Waals surface area contributed by atoms with Gasteiger partial charge in [0.1, 0.15) is 0 Å². The van der Waals surface area contributed by atoms with Gasteiger partial charge in [0.25, 0.3) is 0 Å². The first-order chi connectivity index (χ1) is 16.7. The molecule has 0 aliphatic rings. The van der Waals surface area contributed by atoms with Gasteiger partial charge in [-0.3, -0.25) is 0 Å². The first-order valence-corrected chi connectivity index (χ1v) is 15.2. The zero-order chi connectivity index (χ0) is 24.7. The average Bonchev–Trinajstić information content (AvgIpc) is 2.82. The molecule has 0 aliphatic carbocycles. The SMILES string of the molecule is CCCCCCCCCCCNc1nc(NCCCN(C)C)nc(SCCCCCCCC)n1. The zero-order valence-electron chi connectivity index (χ0n) is 22.8. The van der Waals surface area contributed by atoms with Crippen molar-refractivity contribution in [3.05, 3.63) is 0 Å². The largest absolute Gasteiger partial charge is 0.354 e. The van der Waals surface area contributed by atoms with Crippen LogP contribution in [0.2, 0.25) is 0 Å². The predicted octanol–water partition coefficient (Wildman–Crippen LogP) is 7.63. The fourth-order valence-corrected chi connectivity index (χ4v) is 4.69. The van der Waals surface area contributed by atoms with Gasteiger partial charge in [-0.15, -0.1) is 0 Å². The minimum atomic E-state index is 0.703. The lowest BCUT2D eigenvalue weighted by atomic mass is 10.1. The van der Waals surface area contributed by atoms with Gasteiger partial charge in [-0.05, 0) is 39.9 Å². The van der Waals surface area contributed by atoms with Crippen LogP contribution in [0.5, 0.6) is 0 Å². The van der Waals surface area contributed by atoms with E-state index in [1.54, 1.807) is 11.8 Å². The molecule has 198 valence electrons. The first kappa shape index (κ1) is 31.0. The smallest absolute Gasteiger partial charge is 0.228 e. The van der Waals surface area contributed by atoms with Gasteiger partial charge in [0.2, 0.25) is 11.9 Å². The second-order valence-electron chi connectivity index (χ2n) is 9.72. The highest BCUT2D eigenvalue weighted by Gasteiger charge is 2.07. The van der Waals surface area contributed by atoms with Crippen molar-refractivity contribution in [2.75, 3.05) is 50.1 Å². The van der Waals surface area contributed by atoms with Crippen LogP contribution in [-0.2, 0) is 0 Å². The molecule has 0 saturated carbocycles. The summed E-state index contributed by atoms with van der Waals surface area (Å²) in [5, 5.41) is 7.70. The molecule has 1 aromatic heterocycles. The van der Waals surface area contributed by atoms with Crippen molar-refractivity contribution >= 4 is 23.7 Å². The van der Waals surface area contributed by atoms with Crippen molar-refractivity contribution in [1.29, 1.82) is 0 Å². The van der Waals surface area contributed by atoms with E-state index in [2.05, 4.69) is 53.4 Å². The van der Waals surface area contributed by atoms with E-state index in [1.165, 1.54) is 96.3 Å². The van der Waals surface area contributed by atoms with Crippen LogP contribution >= 0.6 is 11.8 Å². The lowest BCUT2D eigenvalue weighted by Crippen LogP contribution is -2.17. The van der Waals surface area contributed by atoms with E-state index in [4.69, 9.17) is 4.98 Å². The normalized spacial score (nSPS) is 11.3. The molecule has 0 radical (unpaired) electrons. The lowest BCUT2D eigenvalue weighted by molar-refractivity contribution is 0.405. The van der Waals surface area contributed by atoms with Crippen molar-refractivity contribution in [1.82, 2.24) is 19.9 Å². The summed E-state index contributed by atoms with van der Waals surface area (Å²) in [6, 6.07) is 0. The average molecular weight is 495 g/mol. The second-order valence-corrected chi connectivity index (χ2v) is 10.8. The van der Waals surface area contributed by atoms with Crippen LogP contribution in [0, 0.1) is 0 Å². The Kier molecular flexibility index (Phi) is 20.4. The van der Waals surface area contributed by atoms with Gasteiger partial charge >= 0.3 is 0 Å². The summed E-state index contributed by atoms with van der Waals surface area (Å²) in [7, 11) is 4.21. The van der Waals surface area contributed by atoms with Gasteiger partial charge in [0.15, 0.2) is 5.16 Å². The van der Waals surface area contributed by atoms with Crippen molar-refractivity contribution in [2.45, 2.75) is 122 Å². The number of unbranched alkanes of at least 4 members (excludes halogenated alkanes) is 13. The molecule has 2 N–H and O–H groups in total. The quantitative estimate of drug-likeness (QED) is 0.113. The van der Waals surface area contributed by atoms with E-state index in [9.17, 15) is 0 Å². The van der Waals surface area contributed by atoms with Crippen molar-refractivity contribution in [3.63, 3.8) is 0 Å². The summed E-state index contributed by atoms with van der Waals surface area (Å²) in [6.45, 7) is 7.41. The molecule has 34 heavy (non-hydrogen) atoms.